The molecule has 1 saturated heterocycles. The minimum atomic E-state index is 0.614. The van der Waals surface area contributed by atoms with E-state index in [0.717, 1.165) is 51.5 Å². The molecule has 6 heteroatoms. The topological polar surface area (TPSA) is 67.5 Å². The molecule has 0 radical (unpaired) electrons. The summed E-state index contributed by atoms with van der Waals surface area (Å²) in [7, 11) is 1.62. The van der Waals surface area contributed by atoms with Gasteiger partial charge in [-0.1, -0.05) is 0 Å². The van der Waals surface area contributed by atoms with Gasteiger partial charge >= 0.3 is 0 Å². The molecule has 100 valence electrons. The van der Waals surface area contributed by atoms with Crippen LogP contribution in [0.2, 0.25) is 0 Å². The molecule has 2 heterocycles. The Morgan fingerprint density at radius 2 is 2.17 bits per heavy atom. The first-order chi connectivity index (χ1) is 8.83. The SMILES string of the molecule is COc1cc(N2CCCN(CCN)CC2)ncn1. The number of rotatable bonds is 4. The van der Waals surface area contributed by atoms with Crippen LogP contribution in [0.15, 0.2) is 12.4 Å². The van der Waals surface area contributed by atoms with Gasteiger partial charge in [-0.3, -0.25) is 0 Å². The van der Waals surface area contributed by atoms with Crippen LogP contribution in [0, 0.1) is 0 Å². The molecule has 2 N–H and O–H groups in total. The Balaban J connectivity index is 2.00. The summed E-state index contributed by atoms with van der Waals surface area (Å²) in [5.41, 5.74) is 5.60. The van der Waals surface area contributed by atoms with Crippen molar-refractivity contribution >= 4 is 5.82 Å². The second-order valence-corrected chi connectivity index (χ2v) is 4.39. The van der Waals surface area contributed by atoms with Gasteiger partial charge in [0.25, 0.3) is 0 Å². The normalized spacial score (nSPS) is 17.6. The Kier molecular flexibility index (Phi) is 4.72. The summed E-state index contributed by atoms with van der Waals surface area (Å²) in [5.74, 6) is 1.56. The summed E-state index contributed by atoms with van der Waals surface area (Å²) >= 11 is 0. The van der Waals surface area contributed by atoms with Crippen molar-refractivity contribution in [2.24, 2.45) is 5.73 Å². The Morgan fingerprint density at radius 1 is 1.28 bits per heavy atom. The Morgan fingerprint density at radius 3 is 2.94 bits per heavy atom. The number of anilines is 1. The van der Waals surface area contributed by atoms with Crippen molar-refractivity contribution in [1.29, 1.82) is 0 Å². The largest absolute Gasteiger partial charge is 0.481 e. The third-order valence-electron chi connectivity index (χ3n) is 3.19. The van der Waals surface area contributed by atoms with E-state index in [1.807, 2.05) is 6.07 Å². The first-order valence-electron chi connectivity index (χ1n) is 6.37. The van der Waals surface area contributed by atoms with Crippen LogP contribution in [0.4, 0.5) is 5.82 Å². The van der Waals surface area contributed by atoms with Crippen molar-refractivity contribution in [1.82, 2.24) is 14.9 Å². The van der Waals surface area contributed by atoms with Crippen LogP contribution in [0.5, 0.6) is 5.88 Å². The van der Waals surface area contributed by atoms with Gasteiger partial charge < -0.3 is 20.3 Å². The average molecular weight is 251 g/mol. The lowest BCUT2D eigenvalue weighted by Crippen LogP contribution is -2.34. The van der Waals surface area contributed by atoms with Crippen molar-refractivity contribution in [2.45, 2.75) is 6.42 Å². The van der Waals surface area contributed by atoms with Crippen LogP contribution in [-0.2, 0) is 0 Å². The predicted octanol–water partition coefficient (Wildman–Crippen LogP) is -0.0440. The van der Waals surface area contributed by atoms with Crippen molar-refractivity contribution in [3.63, 3.8) is 0 Å². The van der Waals surface area contributed by atoms with Crippen LogP contribution in [-0.4, -0.2) is 61.2 Å². The highest BCUT2D eigenvalue weighted by molar-refractivity contribution is 5.40. The minimum absolute atomic E-state index is 0.614. The van der Waals surface area contributed by atoms with Gasteiger partial charge in [0.15, 0.2) is 0 Å². The van der Waals surface area contributed by atoms with Crippen molar-refractivity contribution < 1.29 is 4.74 Å². The standard InChI is InChI=1S/C12H21N5O/c1-18-12-9-11(14-10-15-12)17-5-2-4-16(6-3-13)7-8-17/h9-10H,2-8,13H2,1H3. The number of hydrogen-bond acceptors (Lipinski definition) is 6. The lowest BCUT2D eigenvalue weighted by atomic mass is 10.3. The Hall–Kier alpha value is -1.40. The van der Waals surface area contributed by atoms with Gasteiger partial charge in [0, 0.05) is 38.8 Å². The number of nitrogens with two attached hydrogens (primary N) is 1. The second-order valence-electron chi connectivity index (χ2n) is 4.39. The number of hydrogen-bond donors (Lipinski definition) is 1. The molecule has 1 aliphatic rings. The zero-order valence-electron chi connectivity index (χ0n) is 10.9. The fraction of sp³-hybridized carbons (Fsp3) is 0.667. The predicted molar refractivity (Wildman–Crippen MR) is 70.9 cm³/mol. The summed E-state index contributed by atoms with van der Waals surface area (Å²) in [6.07, 6.45) is 2.68. The average Bonchev–Trinajstić information content (AvgIpc) is 2.65. The summed E-state index contributed by atoms with van der Waals surface area (Å²) in [6, 6.07) is 1.89. The zero-order chi connectivity index (χ0) is 12.8. The van der Waals surface area contributed by atoms with Gasteiger partial charge in [0.05, 0.1) is 7.11 Å². The molecule has 0 aliphatic carbocycles. The van der Waals surface area contributed by atoms with Gasteiger partial charge in [-0.2, -0.15) is 0 Å². The molecule has 6 nitrogen and oxygen atoms in total. The molecule has 0 spiro atoms. The molecule has 0 aromatic carbocycles. The van der Waals surface area contributed by atoms with Gasteiger partial charge in [-0.25, -0.2) is 9.97 Å². The molecule has 18 heavy (non-hydrogen) atoms. The van der Waals surface area contributed by atoms with Crippen LogP contribution < -0.4 is 15.4 Å². The van der Waals surface area contributed by atoms with E-state index in [2.05, 4.69) is 19.8 Å². The molecule has 0 amide bonds. The fourth-order valence-electron chi connectivity index (χ4n) is 2.22. The van der Waals surface area contributed by atoms with E-state index >= 15 is 0 Å². The molecule has 0 unspecified atom stereocenters. The second kappa shape index (κ2) is 6.51. The number of nitrogens with zero attached hydrogens (tertiary/aromatic N) is 4. The number of aromatic nitrogens is 2. The van der Waals surface area contributed by atoms with Crippen molar-refractivity contribution in [3.8, 4) is 5.88 Å². The lowest BCUT2D eigenvalue weighted by molar-refractivity contribution is 0.302. The lowest BCUT2D eigenvalue weighted by Gasteiger charge is -2.22. The maximum atomic E-state index is 5.60. The Labute approximate surface area is 108 Å². The van der Waals surface area contributed by atoms with Crippen LogP contribution in [0.1, 0.15) is 6.42 Å². The fourth-order valence-corrected chi connectivity index (χ4v) is 2.22. The van der Waals surface area contributed by atoms with Crippen molar-refractivity contribution in [2.75, 3.05) is 51.3 Å². The van der Waals surface area contributed by atoms with E-state index in [9.17, 15) is 0 Å². The van der Waals surface area contributed by atoms with E-state index < -0.39 is 0 Å². The number of ether oxygens (including phenoxy) is 1. The molecular formula is C12H21N5O. The van der Waals surface area contributed by atoms with Gasteiger partial charge in [-0.05, 0) is 13.0 Å². The first kappa shape index (κ1) is 13.0. The highest BCUT2D eigenvalue weighted by atomic mass is 16.5. The smallest absolute Gasteiger partial charge is 0.218 e. The van der Waals surface area contributed by atoms with Gasteiger partial charge in [0.1, 0.15) is 12.1 Å². The highest BCUT2D eigenvalue weighted by Crippen LogP contribution is 2.17. The van der Waals surface area contributed by atoms with E-state index in [4.69, 9.17) is 10.5 Å². The van der Waals surface area contributed by atoms with Gasteiger partial charge in [0.2, 0.25) is 5.88 Å². The van der Waals surface area contributed by atoms with E-state index in [-0.39, 0.29) is 0 Å². The third kappa shape index (κ3) is 3.30. The summed E-state index contributed by atoms with van der Waals surface area (Å²) in [5, 5.41) is 0. The number of methoxy groups -OCH3 is 1. The Bertz CT molecular complexity index is 373. The minimum Gasteiger partial charge on any atom is -0.481 e. The molecule has 1 aliphatic heterocycles. The van der Waals surface area contributed by atoms with Crippen LogP contribution in [0.25, 0.3) is 0 Å². The molecule has 0 saturated carbocycles. The summed E-state index contributed by atoms with van der Waals surface area (Å²) in [4.78, 5) is 13.0. The van der Waals surface area contributed by atoms with Crippen molar-refractivity contribution in [3.05, 3.63) is 12.4 Å². The molecule has 2 rings (SSSR count). The van der Waals surface area contributed by atoms with Gasteiger partial charge in [-0.15, -0.1) is 0 Å². The third-order valence-corrected chi connectivity index (χ3v) is 3.19. The quantitative estimate of drug-likeness (QED) is 0.809. The molecule has 1 aromatic heterocycles. The maximum Gasteiger partial charge on any atom is 0.218 e. The first-order valence-corrected chi connectivity index (χ1v) is 6.37. The molecule has 0 bridgehead atoms. The van der Waals surface area contributed by atoms with Crippen LogP contribution >= 0.6 is 0 Å². The molecule has 0 atom stereocenters. The van der Waals surface area contributed by atoms with Crippen LogP contribution in [0.3, 0.4) is 0 Å². The van der Waals surface area contributed by atoms with E-state index in [0.29, 0.717) is 5.88 Å². The van der Waals surface area contributed by atoms with E-state index in [1.165, 1.54) is 0 Å². The monoisotopic (exact) mass is 251 g/mol. The molecular weight excluding hydrogens is 230 g/mol. The summed E-state index contributed by atoms with van der Waals surface area (Å²) < 4.78 is 5.13. The zero-order valence-corrected chi connectivity index (χ0v) is 10.9. The maximum absolute atomic E-state index is 5.60. The molecule has 1 aromatic rings. The highest BCUT2D eigenvalue weighted by Gasteiger charge is 2.15. The van der Waals surface area contributed by atoms with E-state index in [1.54, 1.807) is 13.4 Å². The molecule has 1 fully saturated rings. The summed E-state index contributed by atoms with van der Waals surface area (Å²) in [6.45, 7) is 5.82.